The van der Waals surface area contributed by atoms with Gasteiger partial charge in [-0.05, 0) is 36.4 Å². The Morgan fingerprint density at radius 1 is 0.977 bits per heavy atom. The van der Waals surface area contributed by atoms with Gasteiger partial charge in [-0.15, -0.1) is 5.10 Å². The van der Waals surface area contributed by atoms with Crippen LogP contribution in [0.3, 0.4) is 0 Å². The molecule has 0 saturated carbocycles. The predicted molar refractivity (Wildman–Crippen MR) is 150 cm³/mol. The van der Waals surface area contributed by atoms with Crippen molar-refractivity contribution in [3.8, 4) is 17.1 Å². The van der Waals surface area contributed by atoms with E-state index in [-0.39, 0.29) is 32.3 Å². The van der Waals surface area contributed by atoms with Gasteiger partial charge in [0.15, 0.2) is 5.82 Å². The van der Waals surface area contributed by atoms with Gasteiger partial charge in [0, 0.05) is 18.2 Å². The van der Waals surface area contributed by atoms with Gasteiger partial charge >= 0.3 is 12.1 Å². The number of ether oxygens (including phenoxy) is 1. The third-order valence-corrected chi connectivity index (χ3v) is 7.49. The minimum absolute atomic E-state index is 0.0478. The fourth-order valence-electron chi connectivity index (χ4n) is 4.67. The van der Waals surface area contributed by atoms with E-state index in [9.17, 15) is 32.3 Å². The van der Waals surface area contributed by atoms with Gasteiger partial charge in [-0.2, -0.15) is 22.7 Å². The summed E-state index contributed by atoms with van der Waals surface area (Å²) < 4.78 is 45.6. The molecule has 0 spiro atoms. The van der Waals surface area contributed by atoms with Crippen LogP contribution in [0.4, 0.5) is 24.5 Å². The molecule has 0 radical (unpaired) electrons. The highest BCUT2D eigenvalue weighted by Crippen LogP contribution is 2.36. The zero-order valence-electron chi connectivity index (χ0n) is 22.0. The van der Waals surface area contributed by atoms with Crippen LogP contribution in [0.2, 0.25) is 0 Å². The van der Waals surface area contributed by atoms with Crippen LogP contribution in [0.1, 0.15) is 18.1 Å². The molecule has 5 aromatic rings. The van der Waals surface area contributed by atoms with E-state index in [1.807, 2.05) is 0 Å². The molecular weight excluding hydrogens is 587 g/mol. The maximum atomic E-state index is 13.7. The molecule has 3 heterocycles. The lowest BCUT2D eigenvalue weighted by Gasteiger charge is -2.17. The Morgan fingerprint density at radius 3 is 2.42 bits per heavy atom. The summed E-state index contributed by atoms with van der Waals surface area (Å²) >= 11 is 0.929. The number of anilines is 2. The lowest BCUT2D eigenvalue weighted by molar-refractivity contribution is -0.137. The molecule has 14 heteroatoms. The van der Waals surface area contributed by atoms with Gasteiger partial charge in [0.25, 0.3) is 11.5 Å². The number of hydrogen-bond acceptors (Lipinski definition) is 8. The molecule has 1 aliphatic rings. The van der Waals surface area contributed by atoms with E-state index in [0.717, 1.165) is 39.0 Å². The SMILES string of the molecule is CC(=O)Oc1ccccc1-c1nc2s/c(=C3\C(=O)N(CC(=O)Nc4cccc(C(F)(F)F)c4)c4ccccc43)c(=O)n2n1. The van der Waals surface area contributed by atoms with Crippen LogP contribution in [-0.2, 0) is 20.6 Å². The molecule has 2 amide bonds. The number of halogens is 3. The molecule has 43 heavy (non-hydrogen) atoms. The summed E-state index contributed by atoms with van der Waals surface area (Å²) in [7, 11) is 0. The largest absolute Gasteiger partial charge is 0.426 e. The Bertz CT molecular complexity index is 2070. The second-order valence-electron chi connectivity index (χ2n) is 9.37. The molecule has 216 valence electrons. The number of fused-ring (bicyclic) bond motifs is 2. The van der Waals surface area contributed by atoms with Crippen molar-refractivity contribution in [3.05, 3.63) is 98.8 Å². The summed E-state index contributed by atoms with van der Waals surface area (Å²) in [5.41, 5.74) is -0.424. The molecule has 0 fully saturated rings. The highest BCUT2D eigenvalue weighted by Gasteiger charge is 2.36. The van der Waals surface area contributed by atoms with Crippen molar-refractivity contribution in [3.63, 3.8) is 0 Å². The summed E-state index contributed by atoms with van der Waals surface area (Å²) in [6.45, 7) is 0.742. The molecule has 0 saturated heterocycles. The number of nitrogens with one attached hydrogen (secondary N) is 1. The van der Waals surface area contributed by atoms with E-state index in [1.54, 1.807) is 48.5 Å². The van der Waals surface area contributed by atoms with Crippen molar-refractivity contribution < 1.29 is 32.3 Å². The van der Waals surface area contributed by atoms with Gasteiger partial charge in [0.05, 0.1) is 22.4 Å². The maximum Gasteiger partial charge on any atom is 0.416 e. The number of esters is 1. The molecule has 1 N–H and O–H groups in total. The van der Waals surface area contributed by atoms with Crippen LogP contribution >= 0.6 is 11.3 Å². The quantitative estimate of drug-likeness (QED) is 0.240. The number of para-hydroxylation sites is 2. The Labute approximate surface area is 243 Å². The number of thiazole rings is 1. The van der Waals surface area contributed by atoms with Crippen molar-refractivity contribution in [2.75, 3.05) is 16.8 Å². The number of hydrogen-bond donors (Lipinski definition) is 1. The predicted octanol–water partition coefficient (Wildman–Crippen LogP) is 3.67. The summed E-state index contributed by atoms with van der Waals surface area (Å²) in [5.74, 6) is -1.55. The maximum absolute atomic E-state index is 13.7. The topological polar surface area (TPSA) is 123 Å². The zero-order valence-corrected chi connectivity index (χ0v) is 22.8. The smallest absolute Gasteiger partial charge is 0.416 e. The van der Waals surface area contributed by atoms with E-state index in [2.05, 4.69) is 15.4 Å². The van der Waals surface area contributed by atoms with Crippen LogP contribution < -0.4 is 25.0 Å². The molecular formula is C29H18F3N5O5S. The fourth-order valence-corrected chi connectivity index (χ4v) is 5.67. The Balaban J connectivity index is 1.35. The third-order valence-electron chi connectivity index (χ3n) is 6.46. The van der Waals surface area contributed by atoms with Gasteiger partial charge in [0.2, 0.25) is 10.9 Å². The van der Waals surface area contributed by atoms with Crippen molar-refractivity contribution in [1.82, 2.24) is 14.6 Å². The molecule has 1 aliphatic heterocycles. The summed E-state index contributed by atoms with van der Waals surface area (Å²) in [4.78, 5) is 57.3. The summed E-state index contributed by atoms with van der Waals surface area (Å²) in [6, 6.07) is 17.3. The van der Waals surface area contributed by atoms with E-state index in [4.69, 9.17) is 4.74 Å². The second-order valence-corrected chi connectivity index (χ2v) is 10.3. The first kappa shape index (κ1) is 27.8. The first-order valence-corrected chi connectivity index (χ1v) is 13.4. The number of carbonyl (C=O) groups excluding carboxylic acids is 3. The standard InChI is InChI=1S/C29H18F3N5O5S/c1-15(38)42-21-12-5-3-10-19(21)25-34-28-37(35-25)27(41)24(43-28)23-18-9-2-4-11-20(18)36(26(23)40)14-22(39)33-17-8-6-7-16(13-17)29(30,31)32/h2-13H,14H2,1H3,(H,33,39)/b24-23-. The average Bonchev–Trinajstić information content (AvgIpc) is 3.59. The highest BCUT2D eigenvalue weighted by atomic mass is 32.1. The van der Waals surface area contributed by atoms with Crippen molar-refractivity contribution in [1.29, 1.82) is 0 Å². The Kier molecular flexibility index (Phi) is 6.77. The molecule has 2 aromatic heterocycles. The van der Waals surface area contributed by atoms with Gasteiger partial charge in [-0.3, -0.25) is 24.1 Å². The number of nitrogens with zero attached hydrogens (tertiary/aromatic N) is 4. The van der Waals surface area contributed by atoms with Gasteiger partial charge < -0.3 is 10.1 Å². The van der Waals surface area contributed by atoms with E-state index in [1.165, 1.54) is 13.0 Å². The Hall–Kier alpha value is -5.37. The van der Waals surface area contributed by atoms with Crippen LogP contribution in [0.5, 0.6) is 5.75 Å². The van der Waals surface area contributed by atoms with Gasteiger partial charge in [0.1, 0.15) is 16.8 Å². The normalized spacial score (nSPS) is 14.2. The molecule has 10 nitrogen and oxygen atoms in total. The molecule has 0 bridgehead atoms. The minimum atomic E-state index is -4.59. The average molecular weight is 606 g/mol. The number of benzene rings is 3. The number of alkyl halides is 3. The number of aromatic nitrogens is 3. The van der Waals surface area contributed by atoms with Crippen LogP contribution in [0.15, 0.2) is 77.6 Å². The molecule has 6 rings (SSSR count). The number of rotatable bonds is 5. The van der Waals surface area contributed by atoms with E-state index >= 15 is 0 Å². The summed E-state index contributed by atoms with van der Waals surface area (Å²) in [5, 5.41) is 6.69. The second kappa shape index (κ2) is 10.5. The number of amides is 2. The van der Waals surface area contributed by atoms with Gasteiger partial charge in [-0.1, -0.05) is 47.7 Å². The minimum Gasteiger partial charge on any atom is -0.426 e. The first-order chi connectivity index (χ1) is 20.5. The van der Waals surface area contributed by atoms with Crippen LogP contribution in [-0.4, -0.2) is 38.9 Å². The first-order valence-electron chi connectivity index (χ1n) is 12.6. The van der Waals surface area contributed by atoms with Crippen LogP contribution in [0, 0.1) is 0 Å². The Morgan fingerprint density at radius 2 is 1.70 bits per heavy atom. The van der Waals surface area contributed by atoms with Crippen molar-refractivity contribution in [2.45, 2.75) is 13.1 Å². The van der Waals surface area contributed by atoms with Crippen LogP contribution in [0.25, 0.3) is 21.9 Å². The van der Waals surface area contributed by atoms with Gasteiger partial charge in [-0.25, -0.2) is 0 Å². The zero-order chi connectivity index (χ0) is 30.5. The molecule has 0 unspecified atom stereocenters. The molecule has 0 aliphatic carbocycles. The van der Waals surface area contributed by atoms with Crippen molar-refractivity contribution >= 4 is 51.0 Å². The molecule has 3 aromatic carbocycles. The fraction of sp³-hybridized carbons (Fsp3) is 0.103. The number of carbonyl (C=O) groups is 3. The third kappa shape index (κ3) is 5.12. The van der Waals surface area contributed by atoms with E-state index < -0.39 is 41.6 Å². The molecule has 0 atom stereocenters. The lowest BCUT2D eigenvalue weighted by Crippen LogP contribution is -2.37. The highest BCUT2D eigenvalue weighted by molar-refractivity contribution is 7.15. The lowest BCUT2D eigenvalue weighted by atomic mass is 10.1. The monoisotopic (exact) mass is 605 g/mol. The van der Waals surface area contributed by atoms with Crippen molar-refractivity contribution in [2.24, 2.45) is 0 Å². The summed E-state index contributed by atoms with van der Waals surface area (Å²) in [6.07, 6.45) is -4.59. The van der Waals surface area contributed by atoms with E-state index in [0.29, 0.717) is 16.8 Å².